The number of aliphatic carboxylic acids is 1. The Bertz CT molecular complexity index is 256. The zero-order chi connectivity index (χ0) is 13.4. The predicted molar refractivity (Wildman–Crippen MR) is 66.0 cm³/mol. The Kier molecular flexibility index (Phi) is 7.29. The summed E-state index contributed by atoms with van der Waals surface area (Å²) in [6, 6.07) is -0.612. The maximum absolute atomic E-state index is 11.6. The molecular formula is C11H23N3O3. The van der Waals surface area contributed by atoms with E-state index in [4.69, 9.17) is 5.11 Å². The van der Waals surface area contributed by atoms with Crippen LogP contribution in [-0.4, -0.2) is 54.7 Å². The number of carbonyl (C=O) groups is 2. The van der Waals surface area contributed by atoms with Crippen molar-refractivity contribution in [2.75, 3.05) is 20.6 Å². The molecule has 0 rings (SSSR count). The van der Waals surface area contributed by atoms with Gasteiger partial charge in [0.05, 0.1) is 6.42 Å². The first-order valence-electron chi connectivity index (χ1n) is 5.78. The van der Waals surface area contributed by atoms with Crippen molar-refractivity contribution in [1.82, 2.24) is 15.5 Å². The van der Waals surface area contributed by atoms with Crippen LogP contribution < -0.4 is 10.6 Å². The molecule has 0 saturated heterocycles. The molecule has 0 fully saturated rings. The second kappa shape index (κ2) is 7.89. The van der Waals surface area contributed by atoms with Gasteiger partial charge in [-0.25, -0.2) is 4.79 Å². The minimum absolute atomic E-state index is 0.0207. The quantitative estimate of drug-likeness (QED) is 0.609. The molecule has 0 bridgehead atoms. The molecule has 2 atom stereocenters. The highest BCUT2D eigenvalue weighted by molar-refractivity contribution is 5.75. The first-order chi connectivity index (χ1) is 7.85. The lowest BCUT2D eigenvalue weighted by Gasteiger charge is -2.21. The van der Waals surface area contributed by atoms with Crippen molar-refractivity contribution in [1.29, 1.82) is 0 Å². The third-order valence-corrected chi connectivity index (χ3v) is 2.27. The molecule has 0 aliphatic carbocycles. The van der Waals surface area contributed by atoms with Crippen LogP contribution in [0.5, 0.6) is 0 Å². The fraction of sp³-hybridized carbons (Fsp3) is 0.818. The molecule has 2 unspecified atom stereocenters. The molecule has 6 heteroatoms. The topological polar surface area (TPSA) is 81.7 Å². The van der Waals surface area contributed by atoms with Gasteiger partial charge in [-0.1, -0.05) is 6.92 Å². The van der Waals surface area contributed by atoms with Crippen molar-refractivity contribution in [3.8, 4) is 0 Å². The highest BCUT2D eigenvalue weighted by Gasteiger charge is 2.15. The van der Waals surface area contributed by atoms with Crippen molar-refractivity contribution in [3.63, 3.8) is 0 Å². The van der Waals surface area contributed by atoms with Crippen LogP contribution in [0.15, 0.2) is 0 Å². The molecule has 6 nitrogen and oxygen atoms in total. The number of urea groups is 1. The number of hydrogen-bond acceptors (Lipinski definition) is 3. The van der Waals surface area contributed by atoms with E-state index in [1.165, 1.54) is 0 Å². The van der Waals surface area contributed by atoms with Crippen LogP contribution in [0.3, 0.4) is 0 Å². The number of nitrogens with one attached hydrogen (secondary N) is 2. The van der Waals surface area contributed by atoms with Gasteiger partial charge >= 0.3 is 12.0 Å². The van der Waals surface area contributed by atoms with Crippen LogP contribution in [0.2, 0.25) is 0 Å². The average molecular weight is 245 g/mol. The lowest BCUT2D eigenvalue weighted by molar-refractivity contribution is -0.137. The van der Waals surface area contributed by atoms with Gasteiger partial charge in [0.2, 0.25) is 0 Å². The fourth-order valence-electron chi connectivity index (χ4n) is 1.55. The van der Waals surface area contributed by atoms with Crippen LogP contribution in [0.4, 0.5) is 4.79 Å². The molecule has 2 amide bonds. The number of carboxylic acids is 1. The van der Waals surface area contributed by atoms with Gasteiger partial charge in [0.1, 0.15) is 0 Å². The molecule has 0 radical (unpaired) electrons. The smallest absolute Gasteiger partial charge is 0.315 e. The summed E-state index contributed by atoms with van der Waals surface area (Å²) in [5.74, 6) is -0.904. The third kappa shape index (κ3) is 8.50. The molecule has 0 heterocycles. The number of carboxylic acid groups (broad SMARTS) is 1. The van der Waals surface area contributed by atoms with E-state index in [0.29, 0.717) is 6.42 Å². The van der Waals surface area contributed by atoms with Crippen LogP contribution in [-0.2, 0) is 4.79 Å². The maximum Gasteiger partial charge on any atom is 0.315 e. The van der Waals surface area contributed by atoms with Crippen molar-refractivity contribution in [3.05, 3.63) is 0 Å². The van der Waals surface area contributed by atoms with Gasteiger partial charge in [0, 0.05) is 18.6 Å². The van der Waals surface area contributed by atoms with Gasteiger partial charge in [-0.05, 0) is 27.4 Å². The van der Waals surface area contributed by atoms with E-state index in [1.807, 2.05) is 32.8 Å². The Hall–Kier alpha value is -1.30. The number of hydrogen-bond donors (Lipinski definition) is 3. The van der Waals surface area contributed by atoms with E-state index >= 15 is 0 Å². The first-order valence-corrected chi connectivity index (χ1v) is 5.78. The zero-order valence-corrected chi connectivity index (χ0v) is 11.0. The summed E-state index contributed by atoms with van der Waals surface area (Å²) in [5.41, 5.74) is 0. The lowest BCUT2D eigenvalue weighted by atomic mass is 10.1. The molecule has 100 valence electrons. The molecule has 0 aromatic rings. The van der Waals surface area contributed by atoms with Gasteiger partial charge in [-0.2, -0.15) is 0 Å². The normalized spacial score (nSPS) is 14.2. The summed E-state index contributed by atoms with van der Waals surface area (Å²) >= 11 is 0. The second-order valence-electron chi connectivity index (χ2n) is 4.48. The van der Waals surface area contributed by atoms with Crippen LogP contribution in [0, 0.1) is 0 Å². The number of amides is 2. The standard InChI is InChI=1S/C11H23N3O3/c1-5-9(6-10(15)16)13-11(17)12-8(2)7-14(3)4/h8-9H,5-7H2,1-4H3,(H,15,16)(H2,12,13,17). The Balaban J connectivity index is 4.01. The lowest BCUT2D eigenvalue weighted by Crippen LogP contribution is -2.48. The first kappa shape index (κ1) is 15.7. The van der Waals surface area contributed by atoms with Crippen molar-refractivity contribution >= 4 is 12.0 Å². The molecule has 0 aliphatic heterocycles. The van der Waals surface area contributed by atoms with Gasteiger partial charge < -0.3 is 20.6 Å². The summed E-state index contributed by atoms with van der Waals surface area (Å²) in [4.78, 5) is 24.1. The van der Waals surface area contributed by atoms with E-state index in [0.717, 1.165) is 6.54 Å². The van der Waals surface area contributed by atoms with Crippen LogP contribution >= 0.6 is 0 Å². The largest absolute Gasteiger partial charge is 0.481 e. The predicted octanol–water partition coefficient (Wildman–Crippen LogP) is 0.489. The number of likely N-dealkylation sites (N-methyl/N-ethyl adjacent to an activating group) is 1. The Labute approximate surface area is 102 Å². The SMILES string of the molecule is CCC(CC(=O)O)NC(=O)NC(C)CN(C)C. The zero-order valence-electron chi connectivity index (χ0n) is 11.0. The van der Waals surface area contributed by atoms with Crippen LogP contribution in [0.25, 0.3) is 0 Å². The third-order valence-electron chi connectivity index (χ3n) is 2.27. The minimum atomic E-state index is -0.904. The van der Waals surface area contributed by atoms with E-state index in [2.05, 4.69) is 10.6 Å². The molecule has 0 aliphatic rings. The van der Waals surface area contributed by atoms with Crippen LogP contribution in [0.1, 0.15) is 26.7 Å². The Morgan fingerprint density at radius 2 is 1.88 bits per heavy atom. The molecule has 0 aromatic carbocycles. The summed E-state index contributed by atoms with van der Waals surface area (Å²) in [6.07, 6.45) is 0.549. The molecular weight excluding hydrogens is 222 g/mol. The van der Waals surface area contributed by atoms with Gasteiger partial charge in [0.25, 0.3) is 0 Å². The molecule has 17 heavy (non-hydrogen) atoms. The van der Waals surface area contributed by atoms with Gasteiger partial charge in [-0.3, -0.25) is 4.79 Å². The molecule has 0 saturated carbocycles. The van der Waals surface area contributed by atoms with Crippen molar-refractivity contribution in [2.45, 2.75) is 38.8 Å². The minimum Gasteiger partial charge on any atom is -0.481 e. The summed E-state index contributed by atoms with van der Waals surface area (Å²) in [6.45, 7) is 4.48. The Morgan fingerprint density at radius 1 is 1.29 bits per heavy atom. The van der Waals surface area contributed by atoms with E-state index in [-0.39, 0.29) is 24.5 Å². The Morgan fingerprint density at radius 3 is 2.29 bits per heavy atom. The fourth-order valence-corrected chi connectivity index (χ4v) is 1.55. The number of carbonyl (C=O) groups excluding carboxylic acids is 1. The average Bonchev–Trinajstić information content (AvgIpc) is 2.13. The summed E-state index contributed by atoms with van der Waals surface area (Å²) < 4.78 is 0. The van der Waals surface area contributed by atoms with E-state index < -0.39 is 5.97 Å². The van der Waals surface area contributed by atoms with E-state index in [1.54, 1.807) is 0 Å². The molecule has 0 spiro atoms. The number of rotatable bonds is 7. The second-order valence-corrected chi connectivity index (χ2v) is 4.48. The monoisotopic (exact) mass is 245 g/mol. The van der Waals surface area contributed by atoms with E-state index in [9.17, 15) is 9.59 Å². The summed E-state index contributed by atoms with van der Waals surface area (Å²) in [5, 5.41) is 14.1. The van der Waals surface area contributed by atoms with Gasteiger partial charge in [0.15, 0.2) is 0 Å². The highest BCUT2D eigenvalue weighted by atomic mass is 16.4. The maximum atomic E-state index is 11.6. The highest BCUT2D eigenvalue weighted by Crippen LogP contribution is 1.97. The number of nitrogens with zero attached hydrogens (tertiary/aromatic N) is 1. The molecule has 3 N–H and O–H groups in total. The summed E-state index contributed by atoms with van der Waals surface area (Å²) in [7, 11) is 3.85. The van der Waals surface area contributed by atoms with Crippen molar-refractivity contribution < 1.29 is 14.7 Å². The van der Waals surface area contributed by atoms with Crippen molar-refractivity contribution in [2.24, 2.45) is 0 Å². The molecule has 0 aromatic heterocycles. The van der Waals surface area contributed by atoms with Gasteiger partial charge in [-0.15, -0.1) is 0 Å².